The number of hydrogen-bond acceptors (Lipinski definition) is 3. The number of carbonyl (C=O) groups excluding carboxylic acids is 1. The number of aliphatic imine (C=N–C) groups is 1. The molecule has 1 saturated heterocycles. The van der Waals surface area contributed by atoms with Gasteiger partial charge in [-0.25, -0.2) is 9.79 Å². The van der Waals surface area contributed by atoms with Gasteiger partial charge in [0.15, 0.2) is 5.11 Å². The molecule has 0 saturated carbocycles. The first-order valence-corrected chi connectivity index (χ1v) is 7.57. The molecule has 1 N–H and O–H groups in total. The first kappa shape index (κ1) is 17.7. The van der Waals surface area contributed by atoms with Gasteiger partial charge >= 0.3 is 6.09 Å². The van der Waals surface area contributed by atoms with E-state index in [2.05, 4.69) is 10.3 Å². The summed E-state index contributed by atoms with van der Waals surface area (Å²) >= 11 is 5.16. The second kappa shape index (κ2) is 7.59. The third-order valence-electron chi connectivity index (χ3n) is 2.88. The summed E-state index contributed by atoms with van der Waals surface area (Å²) in [5.74, 6) is 0. The summed E-state index contributed by atoms with van der Waals surface area (Å²) in [6.07, 6.45) is 3.12. The Bertz CT molecular complexity index is 396. The quantitative estimate of drug-likeness (QED) is 0.479. The van der Waals surface area contributed by atoms with Crippen LogP contribution >= 0.6 is 12.2 Å². The van der Waals surface area contributed by atoms with E-state index < -0.39 is 5.60 Å². The van der Waals surface area contributed by atoms with E-state index in [0.717, 1.165) is 12.8 Å². The molecular weight excluding hydrogens is 288 g/mol. The SMILES string of the molecule is CN(C)C=NC(=S)NC1CCN(C(=O)OC(C)(C)C)CC1. The van der Waals surface area contributed by atoms with Gasteiger partial charge in [0.25, 0.3) is 0 Å². The monoisotopic (exact) mass is 314 g/mol. The highest BCUT2D eigenvalue weighted by Gasteiger charge is 2.26. The number of hydrogen-bond donors (Lipinski definition) is 1. The molecule has 0 aliphatic carbocycles. The molecule has 120 valence electrons. The van der Waals surface area contributed by atoms with Crippen LogP contribution in [0.25, 0.3) is 0 Å². The molecule has 0 radical (unpaired) electrons. The van der Waals surface area contributed by atoms with Crippen LogP contribution in [0.3, 0.4) is 0 Å². The van der Waals surface area contributed by atoms with Crippen molar-refractivity contribution in [1.29, 1.82) is 0 Å². The van der Waals surface area contributed by atoms with Gasteiger partial charge in [-0.3, -0.25) is 0 Å². The Morgan fingerprint density at radius 3 is 2.43 bits per heavy atom. The lowest BCUT2D eigenvalue weighted by molar-refractivity contribution is 0.0203. The van der Waals surface area contributed by atoms with E-state index in [4.69, 9.17) is 17.0 Å². The van der Waals surface area contributed by atoms with E-state index in [1.54, 1.807) is 11.2 Å². The lowest BCUT2D eigenvalue weighted by Gasteiger charge is -2.33. The average Bonchev–Trinajstić information content (AvgIpc) is 2.35. The van der Waals surface area contributed by atoms with Gasteiger partial charge in [-0.1, -0.05) is 0 Å². The minimum Gasteiger partial charge on any atom is -0.444 e. The summed E-state index contributed by atoms with van der Waals surface area (Å²) in [4.78, 5) is 19.7. The van der Waals surface area contributed by atoms with Crippen LogP contribution in [-0.2, 0) is 4.74 Å². The number of rotatable bonds is 2. The van der Waals surface area contributed by atoms with Crippen molar-refractivity contribution in [3.8, 4) is 0 Å². The zero-order valence-electron chi connectivity index (χ0n) is 13.5. The highest BCUT2D eigenvalue weighted by molar-refractivity contribution is 7.80. The number of carbonyl (C=O) groups is 1. The van der Waals surface area contributed by atoms with Crippen LogP contribution < -0.4 is 5.32 Å². The molecule has 21 heavy (non-hydrogen) atoms. The Kier molecular flexibility index (Phi) is 6.39. The first-order chi connectivity index (χ1) is 9.67. The van der Waals surface area contributed by atoms with Gasteiger partial charge in [-0.15, -0.1) is 0 Å². The summed E-state index contributed by atoms with van der Waals surface area (Å²) in [5.41, 5.74) is -0.450. The van der Waals surface area contributed by atoms with Crippen molar-refractivity contribution >= 4 is 29.8 Å². The Balaban J connectivity index is 2.35. The normalized spacial score (nSPS) is 16.9. The summed E-state index contributed by atoms with van der Waals surface area (Å²) in [6, 6.07) is 0.260. The molecule has 1 aliphatic rings. The van der Waals surface area contributed by atoms with E-state index in [9.17, 15) is 4.79 Å². The maximum Gasteiger partial charge on any atom is 0.410 e. The first-order valence-electron chi connectivity index (χ1n) is 7.16. The summed E-state index contributed by atoms with van der Waals surface area (Å²) in [7, 11) is 3.79. The van der Waals surface area contributed by atoms with Crippen LogP contribution in [0.2, 0.25) is 0 Å². The van der Waals surface area contributed by atoms with Gasteiger partial charge in [0.05, 0.1) is 6.34 Å². The van der Waals surface area contributed by atoms with E-state index in [1.165, 1.54) is 0 Å². The van der Waals surface area contributed by atoms with Gasteiger partial charge in [-0.05, 0) is 45.8 Å². The van der Waals surface area contributed by atoms with Crippen LogP contribution in [-0.4, -0.2) is 66.2 Å². The molecule has 0 bridgehead atoms. The smallest absolute Gasteiger partial charge is 0.410 e. The Labute approximate surface area is 132 Å². The minimum absolute atomic E-state index is 0.242. The average molecular weight is 314 g/mol. The van der Waals surface area contributed by atoms with E-state index >= 15 is 0 Å². The number of likely N-dealkylation sites (tertiary alicyclic amines) is 1. The van der Waals surface area contributed by atoms with Crippen LogP contribution in [0.1, 0.15) is 33.6 Å². The molecule has 1 fully saturated rings. The minimum atomic E-state index is -0.450. The Morgan fingerprint density at radius 1 is 1.38 bits per heavy atom. The number of nitrogens with one attached hydrogen (secondary N) is 1. The summed E-state index contributed by atoms with van der Waals surface area (Å²) in [5, 5.41) is 3.70. The summed E-state index contributed by atoms with van der Waals surface area (Å²) in [6.45, 7) is 6.97. The zero-order valence-corrected chi connectivity index (χ0v) is 14.4. The molecule has 0 aromatic heterocycles. The predicted octanol–water partition coefficient (Wildman–Crippen LogP) is 1.85. The fourth-order valence-electron chi connectivity index (χ4n) is 1.91. The largest absolute Gasteiger partial charge is 0.444 e. The molecule has 0 atom stereocenters. The van der Waals surface area contributed by atoms with E-state index in [1.807, 2.05) is 39.8 Å². The van der Waals surface area contributed by atoms with E-state index in [0.29, 0.717) is 18.2 Å². The number of amides is 1. The standard InChI is InChI=1S/C14H26N4O2S/c1-14(2,3)20-13(19)18-8-6-11(7-9-18)16-12(21)15-10-17(4)5/h10-11H,6-9H2,1-5H3,(H,16,21). The zero-order chi connectivity index (χ0) is 16.0. The number of thiocarbonyl (C=S) groups is 1. The van der Waals surface area contributed by atoms with Crippen molar-refractivity contribution in [2.45, 2.75) is 45.3 Å². The van der Waals surface area contributed by atoms with Crippen LogP contribution in [0.4, 0.5) is 4.79 Å². The van der Waals surface area contributed by atoms with Crippen molar-refractivity contribution in [3.05, 3.63) is 0 Å². The molecule has 1 heterocycles. The molecule has 0 spiro atoms. The molecule has 7 heteroatoms. The van der Waals surface area contributed by atoms with Gasteiger partial charge in [-0.2, -0.15) is 0 Å². The molecular formula is C14H26N4O2S. The summed E-state index contributed by atoms with van der Waals surface area (Å²) < 4.78 is 5.37. The van der Waals surface area contributed by atoms with Crippen LogP contribution in [0, 0.1) is 0 Å². The van der Waals surface area contributed by atoms with Gasteiger partial charge in [0.2, 0.25) is 0 Å². The van der Waals surface area contributed by atoms with Crippen molar-refractivity contribution in [2.75, 3.05) is 27.2 Å². The second-order valence-corrected chi connectivity index (χ2v) is 6.79. The predicted molar refractivity (Wildman–Crippen MR) is 88.7 cm³/mol. The van der Waals surface area contributed by atoms with E-state index in [-0.39, 0.29) is 12.1 Å². The molecule has 1 amide bonds. The fraction of sp³-hybridized carbons (Fsp3) is 0.786. The molecule has 1 aliphatic heterocycles. The maximum absolute atomic E-state index is 11.9. The van der Waals surface area contributed by atoms with Gasteiger partial charge < -0.3 is 19.9 Å². The second-order valence-electron chi connectivity index (χ2n) is 6.40. The molecule has 0 aromatic rings. The third-order valence-corrected chi connectivity index (χ3v) is 3.10. The van der Waals surface area contributed by atoms with Crippen LogP contribution in [0.15, 0.2) is 4.99 Å². The molecule has 0 aromatic carbocycles. The molecule has 1 rings (SSSR count). The number of piperidine rings is 1. The highest BCUT2D eigenvalue weighted by Crippen LogP contribution is 2.15. The Morgan fingerprint density at radius 2 is 1.95 bits per heavy atom. The maximum atomic E-state index is 11.9. The highest BCUT2D eigenvalue weighted by atomic mass is 32.1. The lowest BCUT2D eigenvalue weighted by Crippen LogP contribution is -2.47. The van der Waals surface area contributed by atoms with Gasteiger partial charge in [0, 0.05) is 33.2 Å². The third kappa shape index (κ3) is 7.27. The van der Waals surface area contributed by atoms with Crippen LogP contribution in [0.5, 0.6) is 0 Å². The Hall–Kier alpha value is -1.37. The molecule has 6 nitrogen and oxygen atoms in total. The number of ether oxygens (including phenoxy) is 1. The van der Waals surface area contributed by atoms with Gasteiger partial charge in [0.1, 0.15) is 5.60 Å². The molecule has 0 unspecified atom stereocenters. The fourth-order valence-corrected chi connectivity index (χ4v) is 2.13. The number of nitrogens with zero attached hydrogens (tertiary/aromatic N) is 3. The van der Waals surface area contributed by atoms with Crippen molar-refractivity contribution in [3.63, 3.8) is 0 Å². The van der Waals surface area contributed by atoms with Crippen molar-refractivity contribution in [2.24, 2.45) is 4.99 Å². The topological polar surface area (TPSA) is 57.2 Å². The van der Waals surface area contributed by atoms with Crippen molar-refractivity contribution < 1.29 is 9.53 Å². The lowest BCUT2D eigenvalue weighted by atomic mass is 10.1. The van der Waals surface area contributed by atoms with Crippen molar-refractivity contribution in [1.82, 2.24) is 15.1 Å².